The van der Waals surface area contributed by atoms with E-state index in [2.05, 4.69) is 10.3 Å². The highest BCUT2D eigenvalue weighted by Crippen LogP contribution is 2.04. The number of nitriles is 1. The number of nitrogens with zero attached hydrogens (tertiary/aromatic N) is 2. The second-order valence-electron chi connectivity index (χ2n) is 2.70. The number of nitrogens with one attached hydrogen (secondary N) is 1. The lowest BCUT2D eigenvalue weighted by Crippen LogP contribution is -2.16. The fourth-order valence-electron chi connectivity index (χ4n) is 0.951. The van der Waals surface area contributed by atoms with Gasteiger partial charge in [-0.2, -0.15) is 5.26 Å². The summed E-state index contributed by atoms with van der Waals surface area (Å²) >= 11 is 0. The third kappa shape index (κ3) is 3.65. The summed E-state index contributed by atoms with van der Waals surface area (Å²) in [5.74, 6) is -0.318. The van der Waals surface area contributed by atoms with Gasteiger partial charge in [0.05, 0.1) is 18.5 Å². The number of aromatic nitrogens is 1. The minimum absolute atomic E-state index is 0.0986. The van der Waals surface area contributed by atoms with Crippen LogP contribution in [-0.2, 0) is 9.53 Å². The van der Waals surface area contributed by atoms with E-state index in [4.69, 9.17) is 10.00 Å². The first-order valence-electron chi connectivity index (χ1n) is 4.52. The molecule has 1 rings (SSSR count). The lowest BCUT2D eigenvalue weighted by molar-refractivity contribution is -0.140. The van der Waals surface area contributed by atoms with Crippen LogP contribution in [0, 0.1) is 11.3 Å². The van der Waals surface area contributed by atoms with E-state index in [-0.39, 0.29) is 12.5 Å². The normalized spacial score (nSPS) is 9.07. The summed E-state index contributed by atoms with van der Waals surface area (Å²) in [6.07, 6.45) is 1.50. The van der Waals surface area contributed by atoms with Crippen molar-refractivity contribution >= 4 is 11.7 Å². The smallest absolute Gasteiger partial charge is 0.325 e. The number of hydrogen-bond acceptors (Lipinski definition) is 5. The van der Waals surface area contributed by atoms with E-state index >= 15 is 0 Å². The molecule has 0 fully saturated rings. The molecule has 78 valence electrons. The van der Waals surface area contributed by atoms with Crippen LogP contribution in [0.5, 0.6) is 0 Å². The summed E-state index contributed by atoms with van der Waals surface area (Å²) in [5, 5.41) is 11.3. The van der Waals surface area contributed by atoms with Gasteiger partial charge in [0.25, 0.3) is 0 Å². The summed E-state index contributed by atoms with van der Waals surface area (Å²) in [6, 6.07) is 5.17. The summed E-state index contributed by atoms with van der Waals surface area (Å²) in [5.41, 5.74) is 1.03. The Labute approximate surface area is 87.7 Å². The monoisotopic (exact) mass is 205 g/mol. The quantitative estimate of drug-likeness (QED) is 0.740. The summed E-state index contributed by atoms with van der Waals surface area (Å²) < 4.78 is 4.73. The molecule has 0 unspecified atom stereocenters. The topological polar surface area (TPSA) is 75.0 Å². The van der Waals surface area contributed by atoms with E-state index in [1.165, 1.54) is 6.20 Å². The fourth-order valence-corrected chi connectivity index (χ4v) is 0.951. The zero-order valence-electron chi connectivity index (χ0n) is 8.36. The Morgan fingerprint density at radius 2 is 2.47 bits per heavy atom. The first-order valence-corrected chi connectivity index (χ1v) is 4.52. The number of hydrogen-bond donors (Lipinski definition) is 1. The molecular weight excluding hydrogens is 194 g/mol. The SMILES string of the molecule is CCOC(=O)CNc1ccc(C#N)nc1. The number of carbonyl (C=O) groups excluding carboxylic acids is 1. The lowest BCUT2D eigenvalue weighted by Gasteiger charge is -2.04. The van der Waals surface area contributed by atoms with Gasteiger partial charge in [0, 0.05) is 0 Å². The van der Waals surface area contributed by atoms with Gasteiger partial charge in [0.2, 0.25) is 0 Å². The maximum atomic E-state index is 11.0. The molecule has 0 aromatic carbocycles. The number of esters is 1. The van der Waals surface area contributed by atoms with Gasteiger partial charge in [-0.3, -0.25) is 4.79 Å². The maximum Gasteiger partial charge on any atom is 0.325 e. The van der Waals surface area contributed by atoms with E-state index in [9.17, 15) is 4.79 Å². The molecule has 0 amide bonds. The third-order valence-electron chi connectivity index (χ3n) is 1.62. The molecular formula is C10H11N3O2. The Morgan fingerprint density at radius 1 is 1.67 bits per heavy atom. The van der Waals surface area contributed by atoms with Crippen molar-refractivity contribution in [3.8, 4) is 6.07 Å². The van der Waals surface area contributed by atoms with Crippen LogP contribution in [0.15, 0.2) is 18.3 Å². The number of pyridine rings is 1. The van der Waals surface area contributed by atoms with Crippen LogP contribution < -0.4 is 5.32 Å². The highest BCUT2D eigenvalue weighted by molar-refractivity contribution is 5.74. The van der Waals surface area contributed by atoms with E-state index in [1.54, 1.807) is 19.1 Å². The van der Waals surface area contributed by atoms with Gasteiger partial charge >= 0.3 is 5.97 Å². The molecule has 0 saturated heterocycles. The minimum atomic E-state index is -0.318. The van der Waals surface area contributed by atoms with Gasteiger partial charge in [-0.05, 0) is 19.1 Å². The van der Waals surface area contributed by atoms with Crippen molar-refractivity contribution in [1.29, 1.82) is 5.26 Å². The van der Waals surface area contributed by atoms with Gasteiger partial charge in [-0.25, -0.2) is 4.98 Å². The Balaban J connectivity index is 2.45. The van der Waals surface area contributed by atoms with Crippen LogP contribution in [0.2, 0.25) is 0 Å². The number of rotatable bonds is 4. The first kappa shape index (κ1) is 11.0. The lowest BCUT2D eigenvalue weighted by atomic mass is 10.3. The second kappa shape index (κ2) is 5.60. The molecule has 0 aliphatic rings. The van der Waals surface area contributed by atoms with Crippen molar-refractivity contribution in [3.05, 3.63) is 24.0 Å². The van der Waals surface area contributed by atoms with Crippen LogP contribution in [0.3, 0.4) is 0 Å². The van der Waals surface area contributed by atoms with E-state index in [1.807, 2.05) is 6.07 Å². The van der Waals surface area contributed by atoms with Crippen LogP contribution in [0.4, 0.5) is 5.69 Å². The number of ether oxygens (including phenoxy) is 1. The minimum Gasteiger partial charge on any atom is -0.465 e. The molecule has 0 aliphatic carbocycles. The van der Waals surface area contributed by atoms with Crippen LogP contribution in [-0.4, -0.2) is 24.1 Å². The van der Waals surface area contributed by atoms with Gasteiger partial charge in [0.15, 0.2) is 0 Å². The van der Waals surface area contributed by atoms with Gasteiger partial charge in [0.1, 0.15) is 18.3 Å². The van der Waals surface area contributed by atoms with Crippen LogP contribution >= 0.6 is 0 Å². The Bertz CT molecular complexity index is 367. The zero-order valence-corrected chi connectivity index (χ0v) is 8.36. The average Bonchev–Trinajstić information content (AvgIpc) is 2.27. The molecule has 5 heteroatoms. The summed E-state index contributed by atoms with van der Waals surface area (Å²) in [7, 11) is 0. The van der Waals surface area contributed by atoms with Crippen molar-refractivity contribution < 1.29 is 9.53 Å². The highest BCUT2D eigenvalue weighted by Gasteiger charge is 2.01. The predicted octanol–water partition coefficient (Wildman–Crippen LogP) is 0.928. The molecule has 5 nitrogen and oxygen atoms in total. The predicted molar refractivity (Wildman–Crippen MR) is 54.1 cm³/mol. The molecule has 0 radical (unpaired) electrons. The van der Waals surface area contributed by atoms with Crippen molar-refractivity contribution in [2.75, 3.05) is 18.5 Å². The van der Waals surface area contributed by atoms with E-state index in [0.29, 0.717) is 18.0 Å². The molecule has 1 aromatic rings. The molecule has 1 heterocycles. The van der Waals surface area contributed by atoms with Crippen molar-refractivity contribution in [3.63, 3.8) is 0 Å². The first-order chi connectivity index (χ1) is 7.26. The van der Waals surface area contributed by atoms with Gasteiger partial charge in [-0.1, -0.05) is 0 Å². The van der Waals surface area contributed by atoms with E-state index in [0.717, 1.165) is 0 Å². The molecule has 0 saturated carbocycles. The molecule has 1 aromatic heterocycles. The average molecular weight is 205 g/mol. The van der Waals surface area contributed by atoms with Gasteiger partial charge < -0.3 is 10.1 Å². The molecule has 0 bridgehead atoms. The van der Waals surface area contributed by atoms with Crippen molar-refractivity contribution in [2.24, 2.45) is 0 Å². The second-order valence-corrected chi connectivity index (χ2v) is 2.70. The molecule has 0 aliphatic heterocycles. The fraction of sp³-hybridized carbons (Fsp3) is 0.300. The molecule has 15 heavy (non-hydrogen) atoms. The molecule has 0 spiro atoms. The Kier molecular flexibility index (Phi) is 4.10. The van der Waals surface area contributed by atoms with E-state index < -0.39 is 0 Å². The van der Waals surface area contributed by atoms with Gasteiger partial charge in [-0.15, -0.1) is 0 Å². The maximum absolute atomic E-state index is 11.0. The highest BCUT2D eigenvalue weighted by atomic mass is 16.5. The Morgan fingerprint density at radius 3 is 3.00 bits per heavy atom. The Hall–Kier alpha value is -2.09. The van der Waals surface area contributed by atoms with Crippen molar-refractivity contribution in [1.82, 2.24) is 4.98 Å². The van der Waals surface area contributed by atoms with Crippen LogP contribution in [0.1, 0.15) is 12.6 Å². The molecule has 1 N–H and O–H groups in total. The number of anilines is 1. The third-order valence-corrected chi connectivity index (χ3v) is 1.62. The summed E-state index contributed by atoms with van der Waals surface area (Å²) in [6.45, 7) is 2.22. The van der Waals surface area contributed by atoms with Crippen molar-refractivity contribution in [2.45, 2.75) is 6.92 Å². The zero-order chi connectivity index (χ0) is 11.1. The number of carbonyl (C=O) groups is 1. The molecule has 0 atom stereocenters. The largest absolute Gasteiger partial charge is 0.465 e. The van der Waals surface area contributed by atoms with Crippen LogP contribution in [0.25, 0.3) is 0 Å². The summed E-state index contributed by atoms with van der Waals surface area (Å²) in [4.78, 5) is 14.8. The standard InChI is InChI=1S/C10H11N3O2/c1-2-15-10(14)7-13-9-4-3-8(5-11)12-6-9/h3-4,6,13H,2,7H2,1H3.